The number of halogens is 1. The molecule has 2 rings (SSSR count). The standard InChI is InChI=1S/C13H16BrNO2/c14-11-8-10(13(16)17)5-6-12(11)15-7-1-2-9-3-4-9/h5-6,8-9,15H,1-4,7H2,(H,16,17). The van der Waals surface area contributed by atoms with E-state index >= 15 is 0 Å². The molecule has 0 atom stereocenters. The lowest BCUT2D eigenvalue weighted by molar-refractivity contribution is 0.0697. The number of carboxylic acid groups (broad SMARTS) is 1. The van der Waals surface area contributed by atoms with Crippen molar-refractivity contribution in [1.82, 2.24) is 0 Å². The Morgan fingerprint density at radius 3 is 2.82 bits per heavy atom. The Labute approximate surface area is 109 Å². The lowest BCUT2D eigenvalue weighted by atomic mass is 10.2. The summed E-state index contributed by atoms with van der Waals surface area (Å²) in [6, 6.07) is 5.06. The Hall–Kier alpha value is -1.03. The highest BCUT2D eigenvalue weighted by molar-refractivity contribution is 9.10. The summed E-state index contributed by atoms with van der Waals surface area (Å²) in [5.74, 6) is 0.0700. The van der Waals surface area contributed by atoms with Crippen LogP contribution >= 0.6 is 15.9 Å². The Kier molecular flexibility index (Phi) is 4.05. The van der Waals surface area contributed by atoms with E-state index in [1.54, 1.807) is 12.1 Å². The minimum Gasteiger partial charge on any atom is -0.478 e. The molecule has 0 aliphatic heterocycles. The topological polar surface area (TPSA) is 49.3 Å². The van der Waals surface area contributed by atoms with E-state index in [1.165, 1.54) is 25.7 Å². The second-order valence-electron chi connectivity index (χ2n) is 4.51. The van der Waals surface area contributed by atoms with Crippen molar-refractivity contribution in [1.29, 1.82) is 0 Å². The van der Waals surface area contributed by atoms with Crippen LogP contribution in [0, 0.1) is 5.92 Å². The first kappa shape index (κ1) is 12.4. The highest BCUT2D eigenvalue weighted by Gasteiger charge is 2.19. The third-order valence-electron chi connectivity index (χ3n) is 3.02. The van der Waals surface area contributed by atoms with Crippen LogP contribution in [-0.4, -0.2) is 17.6 Å². The first-order valence-electron chi connectivity index (χ1n) is 5.93. The molecular formula is C13H16BrNO2. The van der Waals surface area contributed by atoms with E-state index in [1.807, 2.05) is 6.07 Å². The van der Waals surface area contributed by atoms with Crippen molar-refractivity contribution >= 4 is 27.6 Å². The van der Waals surface area contributed by atoms with Crippen LogP contribution < -0.4 is 5.32 Å². The molecule has 3 nitrogen and oxygen atoms in total. The molecule has 4 heteroatoms. The van der Waals surface area contributed by atoms with Gasteiger partial charge in [0, 0.05) is 16.7 Å². The molecule has 0 saturated heterocycles. The van der Waals surface area contributed by atoms with Crippen molar-refractivity contribution in [2.75, 3.05) is 11.9 Å². The van der Waals surface area contributed by atoms with Gasteiger partial charge in [-0.05, 0) is 52.9 Å². The Bertz CT molecular complexity index is 416. The summed E-state index contributed by atoms with van der Waals surface area (Å²) >= 11 is 3.38. The zero-order valence-electron chi connectivity index (χ0n) is 9.58. The summed E-state index contributed by atoms with van der Waals surface area (Å²) in [6.07, 6.45) is 5.28. The van der Waals surface area contributed by atoms with Gasteiger partial charge in [0.1, 0.15) is 0 Å². The van der Waals surface area contributed by atoms with Crippen LogP contribution in [-0.2, 0) is 0 Å². The highest BCUT2D eigenvalue weighted by atomic mass is 79.9. The minimum atomic E-state index is -0.897. The molecule has 2 N–H and O–H groups in total. The fourth-order valence-electron chi connectivity index (χ4n) is 1.81. The Morgan fingerprint density at radius 1 is 1.47 bits per heavy atom. The van der Waals surface area contributed by atoms with Gasteiger partial charge in [-0.15, -0.1) is 0 Å². The Morgan fingerprint density at radius 2 is 2.24 bits per heavy atom. The molecule has 1 saturated carbocycles. The summed E-state index contributed by atoms with van der Waals surface area (Å²) in [7, 11) is 0. The quantitative estimate of drug-likeness (QED) is 0.786. The highest BCUT2D eigenvalue weighted by Crippen LogP contribution is 2.33. The molecular weight excluding hydrogens is 282 g/mol. The number of hydrogen-bond donors (Lipinski definition) is 2. The smallest absolute Gasteiger partial charge is 0.335 e. The maximum atomic E-state index is 10.8. The van der Waals surface area contributed by atoms with E-state index in [-0.39, 0.29) is 0 Å². The third-order valence-corrected chi connectivity index (χ3v) is 3.67. The van der Waals surface area contributed by atoms with Crippen molar-refractivity contribution < 1.29 is 9.90 Å². The second-order valence-corrected chi connectivity index (χ2v) is 5.37. The van der Waals surface area contributed by atoms with Gasteiger partial charge < -0.3 is 10.4 Å². The largest absolute Gasteiger partial charge is 0.478 e. The maximum Gasteiger partial charge on any atom is 0.335 e. The van der Waals surface area contributed by atoms with E-state index in [0.717, 1.165) is 22.6 Å². The van der Waals surface area contributed by atoms with Crippen molar-refractivity contribution in [3.63, 3.8) is 0 Å². The molecule has 0 bridgehead atoms. The molecule has 0 unspecified atom stereocenters. The van der Waals surface area contributed by atoms with Crippen LogP contribution in [0.3, 0.4) is 0 Å². The number of anilines is 1. The molecule has 1 fully saturated rings. The van der Waals surface area contributed by atoms with Gasteiger partial charge >= 0.3 is 5.97 Å². The predicted octanol–water partition coefficient (Wildman–Crippen LogP) is 3.75. The number of benzene rings is 1. The zero-order chi connectivity index (χ0) is 12.3. The van der Waals surface area contributed by atoms with Crippen molar-refractivity contribution in [2.24, 2.45) is 5.92 Å². The van der Waals surface area contributed by atoms with Gasteiger partial charge in [-0.3, -0.25) is 0 Å². The van der Waals surface area contributed by atoms with Crippen LogP contribution in [0.2, 0.25) is 0 Å². The predicted molar refractivity (Wildman–Crippen MR) is 71.5 cm³/mol. The van der Waals surface area contributed by atoms with Crippen molar-refractivity contribution in [3.05, 3.63) is 28.2 Å². The van der Waals surface area contributed by atoms with Crippen LogP contribution in [0.1, 0.15) is 36.0 Å². The number of aromatic carboxylic acids is 1. The summed E-state index contributed by atoms with van der Waals surface area (Å²) in [5.41, 5.74) is 1.27. The third kappa shape index (κ3) is 3.73. The van der Waals surface area contributed by atoms with Gasteiger partial charge in [-0.25, -0.2) is 4.79 Å². The molecule has 1 aromatic rings. The molecule has 0 radical (unpaired) electrons. The van der Waals surface area contributed by atoms with Crippen molar-refractivity contribution in [3.8, 4) is 0 Å². The van der Waals surface area contributed by atoms with Gasteiger partial charge in [-0.1, -0.05) is 12.8 Å². The summed E-state index contributed by atoms with van der Waals surface area (Å²) in [6.45, 7) is 0.946. The van der Waals surface area contributed by atoms with E-state index in [4.69, 9.17) is 5.11 Å². The van der Waals surface area contributed by atoms with Crippen LogP contribution in [0.25, 0.3) is 0 Å². The first-order chi connectivity index (χ1) is 8.16. The first-order valence-corrected chi connectivity index (χ1v) is 6.73. The van der Waals surface area contributed by atoms with E-state index in [9.17, 15) is 4.79 Å². The Balaban J connectivity index is 1.84. The number of hydrogen-bond acceptors (Lipinski definition) is 2. The van der Waals surface area contributed by atoms with E-state index < -0.39 is 5.97 Å². The average molecular weight is 298 g/mol. The molecule has 0 aromatic heterocycles. The molecule has 17 heavy (non-hydrogen) atoms. The molecule has 92 valence electrons. The number of carboxylic acids is 1. The van der Waals surface area contributed by atoms with E-state index in [0.29, 0.717) is 5.56 Å². The molecule has 1 aliphatic rings. The number of nitrogens with one attached hydrogen (secondary N) is 1. The summed E-state index contributed by atoms with van der Waals surface area (Å²) < 4.78 is 0.809. The van der Waals surface area contributed by atoms with E-state index in [2.05, 4.69) is 21.2 Å². The van der Waals surface area contributed by atoms with Gasteiger partial charge in [-0.2, -0.15) is 0 Å². The normalized spacial score (nSPS) is 14.6. The van der Waals surface area contributed by atoms with Crippen LogP contribution in [0.15, 0.2) is 22.7 Å². The maximum absolute atomic E-state index is 10.8. The average Bonchev–Trinajstić information content (AvgIpc) is 3.09. The number of rotatable bonds is 6. The van der Waals surface area contributed by atoms with Gasteiger partial charge in [0.05, 0.1) is 5.56 Å². The fourth-order valence-corrected chi connectivity index (χ4v) is 2.33. The van der Waals surface area contributed by atoms with Gasteiger partial charge in [0.25, 0.3) is 0 Å². The number of carbonyl (C=O) groups is 1. The minimum absolute atomic E-state index is 0.306. The summed E-state index contributed by atoms with van der Waals surface area (Å²) in [5, 5.41) is 12.2. The fraction of sp³-hybridized carbons (Fsp3) is 0.462. The van der Waals surface area contributed by atoms with Gasteiger partial charge in [0.2, 0.25) is 0 Å². The molecule has 0 heterocycles. The molecule has 0 spiro atoms. The zero-order valence-corrected chi connectivity index (χ0v) is 11.2. The van der Waals surface area contributed by atoms with Crippen LogP contribution in [0.5, 0.6) is 0 Å². The molecule has 0 amide bonds. The van der Waals surface area contributed by atoms with Crippen molar-refractivity contribution in [2.45, 2.75) is 25.7 Å². The second kappa shape index (κ2) is 5.54. The lowest BCUT2D eigenvalue weighted by Crippen LogP contribution is -2.03. The monoisotopic (exact) mass is 297 g/mol. The van der Waals surface area contributed by atoms with Crippen LogP contribution in [0.4, 0.5) is 5.69 Å². The lowest BCUT2D eigenvalue weighted by Gasteiger charge is -2.08. The molecule has 1 aliphatic carbocycles. The SMILES string of the molecule is O=C(O)c1ccc(NCCCC2CC2)c(Br)c1. The summed E-state index contributed by atoms with van der Waals surface area (Å²) in [4.78, 5) is 10.8. The van der Waals surface area contributed by atoms with Gasteiger partial charge in [0.15, 0.2) is 0 Å². The molecule has 1 aromatic carbocycles.